The minimum atomic E-state index is -0.714. The molecule has 0 aliphatic carbocycles. The number of carbonyl (C=O) groups excluding carboxylic acids is 2. The number of rotatable bonds is 8. The first-order chi connectivity index (χ1) is 14.6. The van der Waals surface area contributed by atoms with Gasteiger partial charge in [0.1, 0.15) is 0 Å². The molecule has 7 nitrogen and oxygen atoms in total. The average Bonchev–Trinajstić information content (AvgIpc) is 2.75. The van der Waals surface area contributed by atoms with Crippen molar-refractivity contribution in [1.82, 2.24) is 9.78 Å². The Balaban J connectivity index is 1.78. The molecule has 30 heavy (non-hydrogen) atoms. The molecular weight excluding hydrogens is 402 g/mol. The van der Waals surface area contributed by atoms with Crippen LogP contribution in [0.5, 0.6) is 0 Å². The van der Waals surface area contributed by atoms with Gasteiger partial charge in [0, 0.05) is 11.8 Å². The van der Waals surface area contributed by atoms with Crippen molar-refractivity contribution in [1.29, 1.82) is 0 Å². The van der Waals surface area contributed by atoms with E-state index in [-0.39, 0.29) is 29.6 Å². The molecule has 8 heteroatoms. The van der Waals surface area contributed by atoms with Gasteiger partial charge < -0.3 is 10.1 Å². The molecule has 0 fully saturated rings. The predicted molar refractivity (Wildman–Crippen MR) is 117 cm³/mol. The number of aromatic nitrogens is 2. The number of carbonyl (C=O) groups is 2. The maximum absolute atomic E-state index is 12.5. The third-order valence-corrected chi connectivity index (χ3v) is 5.02. The number of esters is 1. The normalized spacial score (nSPS) is 10.4. The summed E-state index contributed by atoms with van der Waals surface area (Å²) in [6, 6.07) is 19.7. The van der Waals surface area contributed by atoms with Crippen molar-refractivity contribution in [3.8, 4) is 5.69 Å². The summed E-state index contributed by atoms with van der Waals surface area (Å²) in [5.74, 6) is -0.208. The highest BCUT2D eigenvalue weighted by Gasteiger charge is 2.20. The van der Waals surface area contributed by atoms with Crippen molar-refractivity contribution < 1.29 is 14.3 Å². The summed E-state index contributed by atoms with van der Waals surface area (Å²) in [6.07, 6.45) is 0. The van der Waals surface area contributed by atoms with Crippen LogP contribution in [0.2, 0.25) is 0 Å². The molecule has 0 unspecified atom stereocenters. The minimum Gasteiger partial charge on any atom is -0.461 e. The second kappa shape index (κ2) is 10.4. The molecule has 0 saturated heterocycles. The van der Waals surface area contributed by atoms with E-state index in [2.05, 4.69) is 10.4 Å². The van der Waals surface area contributed by atoms with Gasteiger partial charge in [-0.3, -0.25) is 9.59 Å². The maximum atomic E-state index is 12.5. The topological polar surface area (TPSA) is 90.3 Å². The monoisotopic (exact) mass is 423 g/mol. The molecule has 1 amide bonds. The molecule has 3 rings (SSSR count). The molecule has 3 aromatic rings. The van der Waals surface area contributed by atoms with Crippen LogP contribution in [0.4, 0.5) is 5.69 Å². The highest BCUT2D eigenvalue weighted by Crippen LogP contribution is 2.16. The van der Waals surface area contributed by atoms with Crippen molar-refractivity contribution >= 4 is 29.3 Å². The summed E-state index contributed by atoms with van der Waals surface area (Å²) >= 11 is 1.43. The van der Waals surface area contributed by atoms with Crippen LogP contribution >= 0.6 is 11.8 Å². The summed E-state index contributed by atoms with van der Waals surface area (Å²) < 4.78 is 6.15. The molecule has 0 saturated carbocycles. The molecule has 1 heterocycles. The van der Waals surface area contributed by atoms with Gasteiger partial charge in [-0.05, 0) is 24.6 Å². The number of amides is 1. The summed E-state index contributed by atoms with van der Waals surface area (Å²) in [6.45, 7) is 1.81. The van der Waals surface area contributed by atoms with Gasteiger partial charge >= 0.3 is 5.97 Å². The largest absolute Gasteiger partial charge is 0.461 e. The Morgan fingerprint density at radius 3 is 2.40 bits per heavy atom. The highest BCUT2D eigenvalue weighted by atomic mass is 32.2. The summed E-state index contributed by atoms with van der Waals surface area (Å²) in [4.78, 5) is 37.3. The van der Waals surface area contributed by atoms with Crippen LogP contribution < -0.4 is 10.9 Å². The van der Waals surface area contributed by atoms with E-state index in [0.29, 0.717) is 11.4 Å². The number of hydrogen-bond acceptors (Lipinski definition) is 6. The lowest BCUT2D eigenvalue weighted by Crippen LogP contribution is -2.27. The minimum absolute atomic E-state index is 0.0379. The van der Waals surface area contributed by atoms with Crippen molar-refractivity contribution in [2.75, 3.05) is 17.7 Å². The van der Waals surface area contributed by atoms with E-state index >= 15 is 0 Å². The van der Waals surface area contributed by atoms with E-state index in [1.165, 1.54) is 17.8 Å². The predicted octanol–water partition coefficient (Wildman–Crippen LogP) is 3.28. The van der Waals surface area contributed by atoms with E-state index in [0.717, 1.165) is 10.2 Å². The number of para-hydroxylation sites is 1. The standard InChI is InChI=1S/C22H21N3O4S/c1-2-29-22(28)21-18(13-20(27)25(24-21)17-11-7-4-8-12-17)23-19(26)15-30-14-16-9-5-3-6-10-16/h3-13H,2,14-15H2,1H3,(H,23,26). The second-order valence-corrected chi connectivity index (χ2v) is 7.22. The summed E-state index contributed by atoms with van der Waals surface area (Å²) in [5.41, 5.74) is 1.05. The zero-order valence-corrected chi connectivity index (χ0v) is 17.2. The first-order valence-electron chi connectivity index (χ1n) is 9.37. The Labute approximate surface area is 178 Å². The van der Waals surface area contributed by atoms with Gasteiger partial charge in [-0.25, -0.2) is 4.79 Å². The molecule has 1 aromatic heterocycles. The Kier molecular flexibility index (Phi) is 7.40. The van der Waals surface area contributed by atoms with E-state index in [1.54, 1.807) is 31.2 Å². The molecular formula is C22H21N3O4S. The first-order valence-corrected chi connectivity index (χ1v) is 10.5. The smallest absolute Gasteiger partial charge is 0.360 e. The van der Waals surface area contributed by atoms with E-state index < -0.39 is 11.5 Å². The molecule has 154 valence electrons. The van der Waals surface area contributed by atoms with Crippen LogP contribution in [0.1, 0.15) is 23.0 Å². The van der Waals surface area contributed by atoms with Crippen molar-refractivity contribution in [2.24, 2.45) is 0 Å². The third kappa shape index (κ3) is 5.57. The summed E-state index contributed by atoms with van der Waals surface area (Å²) in [7, 11) is 0. The zero-order chi connectivity index (χ0) is 21.3. The highest BCUT2D eigenvalue weighted by molar-refractivity contribution is 7.99. The van der Waals surface area contributed by atoms with Crippen LogP contribution in [-0.2, 0) is 15.3 Å². The van der Waals surface area contributed by atoms with Crippen molar-refractivity contribution in [2.45, 2.75) is 12.7 Å². The fourth-order valence-corrected chi connectivity index (χ4v) is 3.47. The second-order valence-electron chi connectivity index (χ2n) is 6.24. The van der Waals surface area contributed by atoms with Crippen LogP contribution in [0.15, 0.2) is 71.5 Å². The molecule has 2 aromatic carbocycles. The SMILES string of the molecule is CCOC(=O)c1nn(-c2ccccc2)c(=O)cc1NC(=O)CSCc1ccccc1. The van der Waals surface area contributed by atoms with E-state index in [9.17, 15) is 14.4 Å². The number of benzene rings is 2. The molecule has 0 aliphatic heterocycles. The zero-order valence-electron chi connectivity index (χ0n) is 16.4. The van der Waals surface area contributed by atoms with Crippen LogP contribution in [0.3, 0.4) is 0 Å². The molecule has 0 radical (unpaired) electrons. The lowest BCUT2D eigenvalue weighted by Gasteiger charge is -2.12. The van der Waals surface area contributed by atoms with E-state index in [1.807, 2.05) is 36.4 Å². The van der Waals surface area contributed by atoms with E-state index in [4.69, 9.17) is 4.74 Å². The number of nitrogens with zero attached hydrogens (tertiary/aromatic N) is 2. The lowest BCUT2D eigenvalue weighted by atomic mass is 10.2. The van der Waals surface area contributed by atoms with Crippen LogP contribution in [0, 0.1) is 0 Å². The molecule has 0 bridgehead atoms. The van der Waals surface area contributed by atoms with Gasteiger partial charge in [0.2, 0.25) is 5.91 Å². The number of thioether (sulfide) groups is 1. The number of hydrogen-bond donors (Lipinski definition) is 1. The van der Waals surface area contributed by atoms with Gasteiger partial charge in [0.25, 0.3) is 5.56 Å². The number of nitrogens with one attached hydrogen (secondary N) is 1. The van der Waals surface area contributed by atoms with Crippen molar-refractivity contribution in [3.63, 3.8) is 0 Å². The average molecular weight is 423 g/mol. The van der Waals surface area contributed by atoms with Gasteiger partial charge in [-0.2, -0.15) is 9.78 Å². The molecule has 0 atom stereocenters. The summed E-state index contributed by atoms with van der Waals surface area (Å²) in [5, 5.41) is 6.77. The van der Waals surface area contributed by atoms with Gasteiger partial charge in [-0.1, -0.05) is 48.5 Å². The Bertz CT molecular complexity index is 1070. The fourth-order valence-electron chi connectivity index (χ4n) is 2.68. The first kappa shape index (κ1) is 21.3. The number of anilines is 1. The Hall–Kier alpha value is -3.39. The molecule has 0 aliphatic rings. The Morgan fingerprint density at radius 1 is 1.07 bits per heavy atom. The van der Waals surface area contributed by atoms with Gasteiger partial charge in [-0.15, -0.1) is 11.8 Å². The number of ether oxygens (including phenoxy) is 1. The Morgan fingerprint density at radius 2 is 1.73 bits per heavy atom. The van der Waals surface area contributed by atoms with Crippen molar-refractivity contribution in [3.05, 3.63) is 88.3 Å². The lowest BCUT2D eigenvalue weighted by molar-refractivity contribution is -0.113. The maximum Gasteiger partial charge on any atom is 0.360 e. The quantitative estimate of drug-likeness (QED) is 0.559. The van der Waals surface area contributed by atoms with Crippen LogP contribution in [-0.4, -0.2) is 34.0 Å². The fraction of sp³-hybridized carbons (Fsp3) is 0.182. The van der Waals surface area contributed by atoms with Crippen LogP contribution in [0.25, 0.3) is 5.69 Å². The third-order valence-electron chi connectivity index (χ3n) is 4.02. The molecule has 0 spiro atoms. The van der Waals surface area contributed by atoms with Gasteiger partial charge in [0.05, 0.1) is 23.7 Å². The molecule has 1 N–H and O–H groups in total. The van der Waals surface area contributed by atoms with Gasteiger partial charge in [0.15, 0.2) is 5.69 Å².